The largest absolute Gasteiger partial charge is 0.508 e. The molecule has 1 N–H and O–H groups in total. The molecule has 1 heterocycles. The second kappa shape index (κ2) is 6.37. The van der Waals surface area contributed by atoms with E-state index in [1.165, 1.54) is 35.6 Å². The van der Waals surface area contributed by atoms with Gasteiger partial charge in [-0.15, -0.1) is 11.3 Å². The first kappa shape index (κ1) is 15.7. The normalized spacial score (nSPS) is 11.5. The smallest absolute Gasteiger partial charge is 0.276 e. The van der Waals surface area contributed by atoms with Crippen molar-refractivity contribution >= 4 is 28.7 Å². The molecule has 0 fully saturated rings. The Morgan fingerprint density at radius 2 is 2.27 bits per heavy atom. The zero-order valence-electron chi connectivity index (χ0n) is 12.0. The summed E-state index contributed by atoms with van der Waals surface area (Å²) in [6.45, 7) is 3.99. The van der Waals surface area contributed by atoms with Crippen LogP contribution in [0, 0.1) is 21.4 Å². The van der Waals surface area contributed by atoms with Crippen LogP contribution in [-0.2, 0) is 0 Å². The SMILES string of the molecule is CC(C)c1csc(/C(C#N)=C/c2cc(O)ccc2[N+](=O)[O-])n1. The molecule has 0 unspecified atom stereocenters. The highest BCUT2D eigenvalue weighted by molar-refractivity contribution is 7.11. The predicted octanol–water partition coefficient (Wildman–Crippen LogP) is 3.94. The monoisotopic (exact) mass is 315 g/mol. The van der Waals surface area contributed by atoms with Gasteiger partial charge in [-0.05, 0) is 24.1 Å². The Morgan fingerprint density at radius 1 is 1.55 bits per heavy atom. The Balaban J connectivity index is 2.51. The van der Waals surface area contributed by atoms with Gasteiger partial charge in [-0.2, -0.15) is 5.26 Å². The number of nitrogens with zero attached hydrogens (tertiary/aromatic N) is 3. The summed E-state index contributed by atoms with van der Waals surface area (Å²) in [5.41, 5.74) is 1.09. The van der Waals surface area contributed by atoms with Crippen LogP contribution < -0.4 is 0 Å². The number of phenols is 1. The fraction of sp³-hybridized carbons (Fsp3) is 0.200. The lowest BCUT2D eigenvalue weighted by atomic mass is 10.1. The van der Waals surface area contributed by atoms with Gasteiger partial charge in [-0.1, -0.05) is 13.8 Å². The molecule has 0 amide bonds. The van der Waals surface area contributed by atoms with Crippen LogP contribution in [0.15, 0.2) is 23.6 Å². The van der Waals surface area contributed by atoms with Gasteiger partial charge in [0.25, 0.3) is 5.69 Å². The number of benzene rings is 1. The van der Waals surface area contributed by atoms with E-state index in [1.807, 2.05) is 25.3 Å². The number of nitro groups is 1. The number of nitro benzene ring substituents is 1. The minimum Gasteiger partial charge on any atom is -0.508 e. The summed E-state index contributed by atoms with van der Waals surface area (Å²) >= 11 is 1.31. The van der Waals surface area contributed by atoms with Gasteiger partial charge in [-0.3, -0.25) is 10.1 Å². The first-order valence-electron chi connectivity index (χ1n) is 6.47. The van der Waals surface area contributed by atoms with Crippen molar-refractivity contribution in [3.63, 3.8) is 0 Å². The van der Waals surface area contributed by atoms with Crippen LogP contribution in [0.1, 0.15) is 36.0 Å². The average Bonchev–Trinajstić information content (AvgIpc) is 2.94. The highest BCUT2D eigenvalue weighted by Crippen LogP contribution is 2.29. The lowest BCUT2D eigenvalue weighted by Gasteiger charge is -2.00. The number of phenolic OH excluding ortho intramolecular Hbond substituents is 1. The molecule has 7 heteroatoms. The predicted molar refractivity (Wildman–Crippen MR) is 84.4 cm³/mol. The second-order valence-electron chi connectivity index (χ2n) is 4.90. The van der Waals surface area contributed by atoms with Crippen molar-refractivity contribution < 1.29 is 10.0 Å². The molecule has 0 saturated carbocycles. The maximum atomic E-state index is 11.0. The second-order valence-corrected chi connectivity index (χ2v) is 5.76. The third-order valence-corrected chi connectivity index (χ3v) is 3.87. The molecule has 2 aromatic rings. The average molecular weight is 315 g/mol. The molecule has 0 atom stereocenters. The van der Waals surface area contributed by atoms with Crippen LogP contribution in [0.3, 0.4) is 0 Å². The van der Waals surface area contributed by atoms with E-state index in [4.69, 9.17) is 0 Å². The van der Waals surface area contributed by atoms with E-state index in [0.717, 1.165) is 5.69 Å². The summed E-state index contributed by atoms with van der Waals surface area (Å²) in [7, 11) is 0. The van der Waals surface area contributed by atoms with Crippen molar-refractivity contribution in [1.29, 1.82) is 5.26 Å². The Morgan fingerprint density at radius 3 is 2.82 bits per heavy atom. The highest BCUT2D eigenvalue weighted by Gasteiger charge is 2.15. The topological polar surface area (TPSA) is 100 Å². The van der Waals surface area contributed by atoms with Gasteiger partial charge < -0.3 is 5.11 Å². The summed E-state index contributed by atoms with van der Waals surface area (Å²) in [5, 5.41) is 32.2. The molecule has 0 saturated heterocycles. The molecule has 0 aliphatic rings. The van der Waals surface area contributed by atoms with E-state index >= 15 is 0 Å². The number of allylic oxidation sites excluding steroid dienone is 1. The Bertz CT molecular complexity index is 788. The van der Waals surface area contributed by atoms with E-state index in [2.05, 4.69) is 4.98 Å². The van der Waals surface area contributed by atoms with Gasteiger partial charge in [0.1, 0.15) is 16.8 Å². The Labute approximate surface area is 131 Å². The minimum absolute atomic E-state index is 0.101. The highest BCUT2D eigenvalue weighted by atomic mass is 32.1. The zero-order chi connectivity index (χ0) is 16.3. The van der Waals surface area contributed by atoms with Crippen molar-refractivity contribution in [1.82, 2.24) is 4.98 Å². The molecule has 0 spiro atoms. The molecule has 1 aromatic carbocycles. The van der Waals surface area contributed by atoms with Crippen LogP contribution in [0.2, 0.25) is 0 Å². The number of aromatic nitrogens is 1. The molecule has 6 nitrogen and oxygen atoms in total. The maximum absolute atomic E-state index is 11.0. The third kappa shape index (κ3) is 3.30. The summed E-state index contributed by atoms with van der Waals surface area (Å²) in [4.78, 5) is 14.8. The molecule has 0 bridgehead atoms. The van der Waals surface area contributed by atoms with Crippen molar-refractivity contribution in [3.8, 4) is 11.8 Å². The molecular formula is C15H13N3O3S. The fourth-order valence-electron chi connectivity index (χ4n) is 1.80. The third-order valence-electron chi connectivity index (χ3n) is 2.97. The molecule has 0 radical (unpaired) electrons. The molecule has 1 aromatic heterocycles. The minimum atomic E-state index is -0.554. The summed E-state index contributed by atoms with van der Waals surface area (Å²) in [5.74, 6) is 0.135. The molecule has 112 valence electrons. The standard InChI is InChI=1S/C15H13N3O3S/c1-9(2)13-8-22-15(17-13)11(7-16)5-10-6-12(19)3-4-14(10)18(20)21/h3-6,8-9,19H,1-2H3/b11-5+. The van der Waals surface area contributed by atoms with Crippen molar-refractivity contribution in [2.75, 3.05) is 0 Å². The molecule has 22 heavy (non-hydrogen) atoms. The van der Waals surface area contributed by atoms with Gasteiger partial charge in [0.2, 0.25) is 0 Å². The van der Waals surface area contributed by atoms with E-state index in [-0.39, 0.29) is 28.5 Å². The number of thiazole rings is 1. The first-order valence-corrected chi connectivity index (χ1v) is 7.35. The Hall–Kier alpha value is -2.72. The summed E-state index contributed by atoms with van der Waals surface area (Å²) < 4.78 is 0. The fourth-order valence-corrected chi connectivity index (χ4v) is 2.74. The Kier molecular flexibility index (Phi) is 4.53. The van der Waals surface area contributed by atoms with Crippen molar-refractivity contribution in [3.05, 3.63) is 50.0 Å². The zero-order valence-corrected chi connectivity index (χ0v) is 12.8. The summed E-state index contributed by atoms with van der Waals surface area (Å²) in [6, 6.07) is 5.71. The molecular weight excluding hydrogens is 302 g/mol. The molecule has 0 aliphatic carbocycles. The lowest BCUT2D eigenvalue weighted by molar-refractivity contribution is -0.385. The van der Waals surface area contributed by atoms with E-state index in [9.17, 15) is 20.5 Å². The van der Waals surface area contributed by atoms with Crippen LogP contribution in [0.4, 0.5) is 5.69 Å². The van der Waals surface area contributed by atoms with E-state index in [0.29, 0.717) is 5.01 Å². The van der Waals surface area contributed by atoms with E-state index < -0.39 is 4.92 Å². The van der Waals surface area contributed by atoms with Gasteiger partial charge in [0, 0.05) is 11.4 Å². The number of rotatable bonds is 4. The van der Waals surface area contributed by atoms with Crippen molar-refractivity contribution in [2.24, 2.45) is 0 Å². The van der Waals surface area contributed by atoms with Gasteiger partial charge in [0.05, 0.1) is 21.8 Å². The van der Waals surface area contributed by atoms with Crippen molar-refractivity contribution in [2.45, 2.75) is 19.8 Å². The van der Waals surface area contributed by atoms with Gasteiger partial charge in [0.15, 0.2) is 0 Å². The number of aromatic hydroxyl groups is 1. The summed E-state index contributed by atoms with van der Waals surface area (Å²) in [6.07, 6.45) is 1.38. The molecule has 2 rings (SSSR count). The number of hydrogen-bond acceptors (Lipinski definition) is 6. The first-order chi connectivity index (χ1) is 10.4. The van der Waals surface area contributed by atoms with E-state index in [1.54, 1.807) is 0 Å². The maximum Gasteiger partial charge on any atom is 0.276 e. The lowest BCUT2D eigenvalue weighted by Crippen LogP contribution is -1.92. The van der Waals surface area contributed by atoms with Gasteiger partial charge in [-0.25, -0.2) is 4.98 Å². The van der Waals surface area contributed by atoms with Crippen LogP contribution >= 0.6 is 11.3 Å². The van der Waals surface area contributed by atoms with Crippen LogP contribution in [0.5, 0.6) is 5.75 Å². The quantitative estimate of drug-likeness (QED) is 0.523. The van der Waals surface area contributed by atoms with Gasteiger partial charge >= 0.3 is 0 Å². The molecule has 0 aliphatic heterocycles. The number of hydrogen-bond donors (Lipinski definition) is 1. The van der Waals surface area contributed by atoms with Crippen LogP contribution in [-0.4, -0.2) is 15.0 Å². The number of nitriles is 1. The van der Waals surface area contributed by atoms with Crippen LogP contribution in [0.25, 0.3) is 11.6 Å².